The Kier molecular flexibility index (Phi) is 28.6. The van der Waals surface area contributed by atoms with Crippen LogP contribution in [0.15, 0.2) is 42.5 Å². The molecule has 1 saturated carbocycles. The first-order valence-electron chi connectivity index (χ1n) is 34.3. The maximum Gasteiger partial charge on any atom is 0.417 e. The molecule has 29 heteroatoms. The van der Waals surface area contributed by atoms with E-state index in [1.165, 1.54) is 75.0 Å². The highest BCUT2D eigenvalue weighted by molar-refractivity contribution is 6.31. The molecule has 1 spiro atoms. The first kappa shape index (κ1) is 80.4. The number of hydrogen-bond acceptors (Lipinski definition) is 12. The van der Waals surface area contributed by atoms with E-state index < -0.39 is 173 Å². The Morgan fingerprint density at radius 1 is 0.636 bits per heavy atom. The highest BCUT2D eigenvalue weighted by Crippen LogP contribution is 2.37. The first-order chi connectivity index (χ1) is 46.4. The minimum atomic E-state index is -4.78. The highest BCUT2D eigenvalue weighted by atomic mass is 35.5. The second kappa shape index (κ2) is 35.2. The molecule has 0 aromatic heterocycles. The van der Waals surface area contributed by atoms with E-state index in [0.717, 1.165) is 38.2 Å². The monoisotopic (exact) mass is 1430 g/mol. The first-order valence-corrected chi connectivity index (χ1v) is 35.1. The Morgan fingerprint density at radius 2 is 1.26 bits per heavy atom. The number of amides is 12. The van der Waals surface area contributed by atoms with Crippen LogP contribution in [0.2, 0.25) is 10.0 Å². The topological polar surface area (TPSA) is 270 Å². The van der Waals surface area contributed by atoms with Crippen molar-refractivity contribution in [1.82, 2.24) is 60.0 Å². The van der Waals surface area contributed by atoms with Crippen molar-refractivity contribution in [3.63, 3.8) is 0 Å². The van der Waals surface area contributed by atoms with Gasteiger partial charge in [0.15, 0.2) is 0 Å². The SMILES string of the molecule is CC[C@H](C)[C@@H]1NC(=O)[C@H](CC(C)C)N(C)C(=O)C[C@@H](C(=O)N2CCCCC2)N(C)C(=O)[C@H](C(C)C)N(C)C(=O)C2(CCCC2)NC(=O)[C@@H]2CCCN2C(=O)[C@H](CCc2ccc(C(F)(F)F)c(Cl)c2)NC(=O)CN(C)C(=O)[C@H](Cc2cccc(Cl)c2)N(C)C(=O)CN(C)C(=O)CN(C)C1=O. The summed E-state index contributed by atoms with van der Waals surface area (Å²) in [5.74, 6) is -9.71. The molecule has 8 atom stereocenters. The molecule has 6 rings (SSSR count). The number of likely N-dealkylation sites (tertiary alicyclic amines) is 1. The summed E-state index contributed by atoms with van der Waals surface area (Å²) in [7, 11) is 9.58. The molecule has 3 saturated heterocycles. The van der Waals surface area contributed by atoms with Gasteiger partial charge in [0.25, 0.3) is 0 Å². The lowest BCUT2D eigenvalue weighted by molar-refractivity contribution is -0.156. The Bertz CT molecular complexity index is 3290. The van der Waals surface area contributed by atoms with Crippen LogP contribution in [-0.2, 0) is 76.6 Å². The lowest BCUT2D eigenvalue weighted by Gasteiger charge is -2.42. The number of carbonyl (C=O) groups is 12. The molecular formula is C70H101Cl2F3N12O12. The zero-order chi connectivity index (χ0) is 73.7. The lowest BCUT2D eigenvalue weighted by atomic mass is 9.91. The third-order valence-electron chi connectivity index (χ3n) is 19.9. The zero-order valence-corrected chi connectivity index (χ0v) is 61.0. The fraction of sp³-hybridized carbons (Fsp3) is 0.657. The molecule has 3 N–H and O–H groups in total. The Labute approximate surface area is 589 Å². The Hall–Kier alpha value is -7.55. The predicted molar refractivity (Wildman–Crippen MR) is 366 cm³/mol. The Balaban J connectivity index is 1.43. The largest absolute Gasteiger partial charge is 0.417 e. The number of piperidine rings is 1. The minimum Gasteiger partial charge on any atom is -0.343 e. The molecule has 4 aliphatic rings. The average Bonchev–Trinajstić information content (AvgIpc) is 1.75. The van der Waals surface area contributed by atoms with Crippen LogP contribution in [0.4, 0.5) is 13.2 Å². The summed E-state index contributed by atoms with van der Waals surface area (Å²) in [5.41, 5.74) is -1.91. The molecule has 3 aliphatic heterocycles. The minimum absolute atomic E-state index is 0.00589. The van der Waals surface area contributed by atoms with Crippen molar-refractivity contribution >= 4 is 94.1 Å². The van der Waals surface area contributed by atoms with Crippen molar-refractivity contribution < 1.29 is 70.7 Å². The van der Waals surface area contributed by atoms with Gasteiger partial charge in [-0.25, -0.2) is 0 Å². The van der Waals surface area contributed by atoms with Gasteiger partial charge in [0.05, 0.1) is 36.6 Å². The van der Waals surface area contributed by atoms with Crippen LogP contribution in [0.5, 0.6) is 0 Å². The van der Waals surface area contributed by atoms with Crippen LogP contribution in [0.1, 0.15) is 142 Å². The molecule has 548 valence electrons. The Morgan fingerprint density at radius 3 is 1.86 bits per heavy atom. The number of nitrogens with one attached hydrogen (secondary N) is 3. The van der Waals surface area contributed by atoms with Gasteiger partial charge in [-0.15, -0.1) is 0 Å². The van der Waals surface area contributed by atoms with Crippen molar-refractivity contribution in [2.24, 2.45) is 17.8 Å². The van der Waals surface area contributed by atoms with Gasteiger partial charge in [-0.1, -0.05) is 102 Å². The number of aryl methyl sites for hydroxylation is 1. The van der Waals surface area contributed by atoms with Crippen molar-refractivity contribution in [1.29, 1.82) is 0 Å². The number of rotatable bonds is 11. The van der Waals surface area contributed by atoms with Gasteiger partial charge < -0.3 is 60.0 Å². The molecule has 24 nitrogen and oxygen atoms in total. The molecule has 0 unspecified atom stereocenters. The number of fused-ring (bicyclic) bond motifs is 1. The van der Waals surface area contributed by atoms with E-state index in [1.807, 2.05) is 20.8 Å². The summed E-state index contributed by atoms with van der Waals surface area (Å²) in [5, 5.41) is 8.31. The van der Waals surface area contributed by atoms with Gasteiger partial charge in [0, 0.05) is 80.4 Å². The number of alkyl halides is 3. The molecule has 12 amide bonds. The average molecular weight is 1430 g/mol. The van der Waals surface area contributed by atoms with E-state index >= 15 is 14.4 Å². The summed E-state index contributed by atoms with van der Waals surface area (Å²) >= 11 is 12.5. The van der Waals surface area contributed by atoms with Crippen molar-refractivity contribution in [3.05, 3.63) is 69.2 Å². The lowest BCUT2D eigenvalue weighted by Crippen LogP contribution is -2.65. The summed E-state index contributed by atoms with van der Waals surface area (Å²) in [6.07, 6.45) is -1.48. The normalized spacial score (nSPS) is 24.9. The van der Waals surface area contributed by atoms with Crippen molar-refractivity contribution in [3.8, 4) is 0 Å². The van der Waals surface area contributed by atoms with Crippen LogP contribution in [0.3, 0.4) is 0 Å². The molecule has 3 heterocycles. The summed E-state index contributed by atoms with van der Waals surface area (Å²) in [6.45, 7) is 9.53. The third kappa shape index (κ3) is 20.4. The van der Waals surface area contributed by atoms with Gasteiger partial charge in [0.2, 0.25) is 70.9 Å². The summed E-state index contributed by atoms with van der Waals surface area (Å²) < 4.78 is 41.5. The van der Waals surface area contributed by atoms with Crippen molar-refractivity contribution in [2.75, 3.05) is 88.6 Å². The number of hydrogen-bond donors (Lipinski definition) is 3. The molecule has 1 aliphatic carbocycles. The smallest absolute Gasteiger partial charge is 0.343 e. The number of likely N-dealkylation sites (N-methyl/N-ethyl adjacent to an activating group) is 7. The van der Waals surface area contributed by atoms with Gasteiger partial charge in [-0.2, -0.15) is 13.2 Å². The van der Waals surface area contributed by atoms with E-state index in [1.54, 1.807) is 49.9 Å². The van der Waals surface area contributed by atoms with Crippen LogP contribution >= 0.6 is 23.2 Å². The predicted octanol–water partition coefficient (Wildman–Crippen LogP) is 5.42. The number of benzene rings is 2. The van der Waals surface area contributed by atoms with E-state index in [2.05, 4.69) is 16.0 Å². The summed E-state index contributed by atoms with van der Waals surface area (Å²) in [6, 6.07) is 0.427. The van der Waals surface area contributed by atoms with E-state index in [0.29, 0.717) is 62.2 Å². The van der Waals surface area contributed by atoms with Crippen LogP contribution in [0, 0.1) is 17.8 Å². The quantitative estimate of drug-likeness (QED) is 0.254. The number of halogens is 5. The van der Waals surface area contributed by atoms with Gasteiger partial charge in [-0.05, 0) is 117 Å². The molecular weight excluding hydrogens is 1330 g/mol. The molecule has 0 bridgehead atoms. The second-order valence-corrected chi connectivity index (χ2v) is 29.0. The van der Waals surface area contributed by atoms with Crippen LogP contribution in [-0.4, -0.2) is 251 Å². The van der Waals surface area contributed by atoms with E-state index in [4.69, 9.17) is 23.2 Å². The van der Waals surface area contributed by atoms with Crippen LogP contribution < -0.4 is 16.0 Å². The van der Waals surface area contributed by atoms with Gasteiger partial charge in [0.1, 0.15) is 47.8 Å². The molecule has 4 fully saturated rings. The van der Waals surface area contributed by atoms with Crippen molar-refractivity contribution in [2.45, 2.75) is 192 Å². The molecule has 2 aromatic rings. The second-order valence-electron chi connectivity index (χ2n) is 28.1. The molecule has 99 heavy (non-hydrogen) atoms. The fourth-order valence-electron chi connectivity index (χ4n) is 13.7. The van der Waals surface area contributed by atoms with Crippen LogP contribution in [0.25, 0.3) is 0 Å². The maximum absolute atomic E-state index is 15.4. The summed E-state index contributed by atoms with van der Waals surface area (Å²) in [4.78, 5) is 189. The van der Waals surface area contributed by atoms with E-state index in [-0.39, 0.29) is 63.0 Å². The van der Waals surface area contributed by atoms with E-state index in [9.17, 15) is 56.3 Å². The number of carbonyl (C=O) groups excluding carboxylic acids is 12. The maximum atomic E-state index is 15.4. The van der Waals surface area contributed by atoms with Gasteiger partial charge >= 0.3 is 6.18 Å². The zero-order valence-electron chi connectivity index (χ0n) is 59.5. The van der Waals surface area contributed by atoms with Gasteiger partial charge in [-0.3, -0.25) is 57.5 Å². The number of nitrogens with zero attached hydrogens (tertiary/aromatic N) is 9. The fourth-order valence-corrected chi connectivity index (χ4v) is 14.3. The molecule has 0 radical (unpaired) electrons. The highest BCUT2D eigenvalue weighted by Gasteiger charge is 2.51. The molecule has 2 aromatic carbocycles. The standard InChI is InChI=1S/C70H101Cl2F3N12O12/c1-14-44(6)59-66(97)81(9)40-57(90)79(7)41-58(91)83(11)53(37-46-22-20-23-47(71)35-46)64(95)80(8)39-55(88)76-50(28-26-45-25-27-48(49(72)36-45)70(73,74)75)63(94)87-33-21-24-51(87)62(93)78-69(29-16-17-30-69)68(99)85(13)60(43(4)5)67(98)84(12)54(65(96)86-31-18-15-19-32-86)38-56(89)82(10)52(34-42(2)3)61(92)77-59/h20,22-23,25,27,35-36,42-44,50-54,59-60H,14-19,21,24,26,28-34,37-41H2,1-13H3,(H,76,88)(H,77,92)(H,78,93)/t44-,50-,51-,52-,53-,54-,59-,60-/m0/s1. The third-order valence-corrected chi connectivity index (χ3v) is 20.5.